The van der Waals surface area contributed by atoms with E-state index in [1.54, 1.807) is 4.90 Å². The summed E-state index contributed by atoms with van der Waals surface area (Å²) in [6.07, 6.45) is 0. The Kier molecular flexibility index (Phi) is 3.31. The van der Waals surface area contributed by atoms with Crippen LogP contribution in [0.3, 0.4) is 0 Å². The molecule has 0 aliphatic carbocycles. The van der Waals surface area contributed by atoms with E-state index < -0.39 is 0 Å². The van der Waals surface area contributed by atoms with Gasteiger partial charge in [0.25, 0.3) is 0 Å². The fourth-order valence-corrected chi connectivity index (χ4v) is 1.07. The largest absolute Gasteiger partial charge is 0.378 e. The zero-order chi connectivity index (χ0) is 8.97. The van der Waals surface area contributed by atoms with E-state index in [2.05, 4.69) is 0 Å². The highest BCUT2D eigenvalue weighted by Crippen LogP contribution is 1.99. The summed E-state index contributed by atoms with van der Waals surface area (Å²) in [6, 6.07) is -0.110. The first-order valence-electron chi connectivity index (χ1n) is 4.14. The van der Waals surface area contributed by atoms with Gasteiger partial charge in [-0.05, 0) is 6.92 Å². The number of carbonyl (C=O) groups is 1. The number of hydrogen-bond donors (Lipinski definition) is 1. The highest BCUT2D eigenvalue weighted by molar-refractivity contribution is 5.73. The Morgan fingerprint density at radius 3 is 2.67 bits per heavy atom. The van der Waals surface area contributed by atoms with E-state index in [0.717, 1.165) is 0 Å². The van der Waals surface area contributed by atoms with Gasteiger partial charge in [-0.25, -0.2) is 10.6 Å². The van der Waals surface area contributed by atoms with Crippen molar-refractivity contribution in [2.24, 2.45) is 5.84 Å². The van der Waals surface area contributed by atoms with E-state index in [0.29, 0.717) is 32.8 Å². The van der Waals surface area contributed by atoms with Gasteiger partial charge in [0.2, 0.25) is 0 Å². The summed E-state index contributed by atoms with van der Waals surface area (Å²) in [5.41, 5.74) is 0. The predicted octanol–water partition coefficient (Wildman–Crippen LogP) is -0.366. The summed E-state index contributed by atoms with van der Waals surface area (Å²) in [4.78, 5) is 13.1. The lowest BCUT2D eigenvalue weighted by atomic mass is 10.4. The molecular formula is C7H15N3O2. The van der Waals surface area contributed by atoms with Gasteiger partial charge in [-0.15, -0.1) is 0 Å². The normalized spacial score (nSPS) is 17.7. The standard InChI is InChI=1S/C7H15N3O2/c1-2-10(8)7(11)9-3-5-12-6-4-9/h2-6,8H2,1H3. The number of rotatable bonds is 1. The Morgan fingerprint density at radius 1 is 1.58 bits per heavy atom. The molecule has 70 valence electrons. The first-order chi connectivity index (χ1) is 5.75. The van der Waals surface area contributed by atoms with Gasteiger partial charge in [0, 0.05) is 19.6 Å². The molecule has 2 amide bonds. The van der Waals surface area contributed by atoms with Crippen molar-refractivity contribution in [2.75, 3.05) is 32.8 Å². The molecule has 0 saturated carbocycles. The van der Waals surface area contributed by atoms with E-state index in [1.165, 1.54) is 5.01 Å². The number of urea groups is 1. The van der Waals surface area contributed by atoms with Gasteiger partial charge < -0.3 is 9.64 Å². The third kappa shape index (κ3) is 2.09. The van der Waals surface area contributed by atoms with Gasteiger partial charge in [0.15, 0.2) is 0 Å². The summed E-state index contributed by atoms with van der Waals surface area (Å²) in [5.74, 6) is 5.45. The molecule has 1 rings (SSSR count). The lowest BCUT2D eigenvalue weighted by Gasteiger charge is -2.29. The second kappa shape index (κ2) is 4.27. The fraction of sp³-hybridized carbons (Fsp3) is 0.857. The highest BCUT2D eigenvalue weighted by Gasteiger charge is 2.19. The van der Waals surface area contributed by atoms with Crippen LogP contribution in [0.25, 0.3) is 0 Å². The molecule has 1 saturated heterocycles. The molecule has 2 N–H and O–H groups in total. The first-order valence-corrected chi connectivity index (χ1v) is 4.14. The molecule has 1 heterocycles. The molecule has 0 spiro atoms. The summed E-state index contributed by atoms with van der Waals surface area (Å²) in [6.45, 7) is 4.90. The van der Waals surface area contributed by atoms with Gasteiger partial charge in [-0.1, -0.05) is 0 Å². The van der Waals surface area contributed by atoms with Crippen LogP contribution in [-0.2, 0) is 4.74 Å². The molecule has 0 aromatic heterocycles. The minimum atomic E-state index is -0.110. The van der Waals surface area contributed by atoms with Gasteiger partial charge in [-0.3, -0.25) is 5.01 Å². The summed E-state index contributed by atoms with van der Waals surface area (Å²) in [7, 11) is 0. The average molecular weight is 173 g/mol. The number of nitrogens with two attached hydrogens (primary N) is 1. The van der Waals surface area contributed by atoms with Crippen molar-refractivity contribution in [3.05, 3.63) is 0 Å². The maximum Gasteiger partial charge on any atom is 0.334 e. The van der Waals surface area contributed by atoms with Crippen molar-refractivity contribution in [3.63, 3.8) is 0 Å². The maximum absolute atomic E-state index is 11.4. The van der Waals surface area contributed by atoms with E-state index in [9.17, 15) is 4.79 Å². The fourth-order valence-electron chi connectivity index (χ4n) is 1.07. The third-order valence-corrected chi connectivity index (χ3v) is 1.87. The molecule has 0 radical (unpaired) electrons. The van der Waals surface area contributed by atoms with Crippen LogP contribution in [0.2, 0.25) is 0 Å². The van der Waals surface area contributed by atoms with Gasteiger partial charge >= 0.3 is 6.03 Å². The Bertz CT molecular complexity index is 157. The van der Waals surface area contributed by atoms with Crippen molar-refractivity contribution in [2.45, 2.75) is 6.92 Å². The number of ether oxygens (including phenoxy) is 1. The molecule has 1 fully saturated rings. The van der Waals surface area contributed by atoms with Crippen LogP contribution in [0.15, 0.2) is 0 Å². The van der Waals surface area contributed by atoms with E-state index in [1.807, 2.05) is 6.92 Å². The zero-order valence-electron chi connectivity index (χ0n) is 7.32. The van der Waals surface area contributed by atoms with Crippen LogP contribution >= 0.6 is 0 Å². The molecule has 0 bridgehead atoms. The van der Waals surface area contributed by atoms with Crippen molar-refractivity contribution < 1.29 is 9.53 Å². The lowest BCUT2D eigenvalue weighted by molar-refractivity contribution is 0.0437. The van der Waals surface area contributed by atoms with E-state index >= 15 is 0 Å². The molecule has 1 aliphatic heterocycles. The molecule has 0 unspecified atom stereocenters. The summed E-state index contributed by atoms with van der Waals surface area (Å²) >= 11 is 0. The van der Waals surface area contributed by atoms with Crippen LogP contribution in [0, 0.1) is 0 Å². The number of nitrogens with zero attached hydrogens (tertiary/aromatic N) is 2. The van der Waals surface area contributed by atoms with Crippen molar-refractivity contribution in [3.8, 4) is 0 Å². The number of hydrogen-bond acceptors (Lipinski definition) is 3. The Labute approximate surface area is 72.0 Å². The number of amides is 2. The molecule has 0 atom stereocenters. The second-order valence-electron chi connectivity index (χ2n) is 2.67. The lowest BCUT2D eigenvalue weighted by Crippen LogP contribution is -2.50. The van der Waals surface area contributed by atoms with Gasteiger partial charge in [0.1, 0.15) is 0 Å². The quantitative estimate of drug-likeness (QED) is 0.334. The molecule has 12 heavy (non-hydrogen) atoms. The smallest absolute Gasteiger partial charge is 0.334 e. The van der Waals surface area contributed by atoms with Crippen LogP contribution in [0.1, 0.15) is 6.92 Å². The Balaban J connectivity index is 2.39. The zero-order valence-corrected chi connectivity index (χ0v) is 7.32. The van der Waals surface area contributed by atoms with E-state index in [4.69, 9.17) is 10.6 Å². The van der Waals surface area contributed by atoms with Crippen molar-refractivity contribution in [1.29, 1.82) is 0 Å². The van der Waals surface area contributed by atoms with Crippen molar-refractivity contribution in [1.82, 2.24) is 9.91 Å². The maximum atomic E-state index is 11.4. The SMILES string of the molecule is CCN(N)C(=O)N1CCOCC1. The third-order valence-electron chi connectivity index (χ3n) is 1.87. The molecular weight excluding hydrogens is 158 g/mol. The van der Waals surface area contributed by atoms with Crippen molar-refractivity contribution >= 4 is 6.03 Å². The Hall–Kier alpha value is -0.810. The summed E-state index contributed by atoms with van der Waals surface area (Å²) in [5, 5.41) is 1.21. The molecule has 0 aromatic carbocycles. The minimum Gasteiger partial charge on any atom is -0.378 e. The molecule has 5 heteroatoms. The highest BCUT2D eigenvalue weighted by atomic mass is 16.5. The second-order valence-corrected chi connectivity index (χ2v) is 2.67. The minimum absolute atomic E-state index is 0.110. The number of carbonyl (C=O) groups excluding carboxylic acids is 1. The molecule has 5 nitrogen and oxygen atoms in total. The number of morpholine rings is 1. The Morgan fingerprint density at radius 2 is 2.17 bits per heavy atom. The predicted molar refractivity (Wildman–Crippen MR) is 44.4 cm³/mol. The first kappa shape index (κ1) is 9.28. The van der Waals surface area contributed by atoms with Crippen LogP contribution in [-0.4, -0.2) is 48.8 Å². The van der Waals surface area contributed by atoms with Crippen LogP contribution in [0.5, 0.6) is 0 Å². The van der Waals surface area contributed by atoms with Crippen LogP contribution in [0.4, 0.5) is 4.79 Å². The van der Waals surface area contributed by atoms with Crippen LogP contribution < -0.4 is 5.84 Å². The topological polar surface area (TPSA) is 58.8 Å². The monoisotopic (exact) mass is 173 g/mol. The summed E-state index contributed by atoms with van der Waals surface area (Å²) < 4.78 is 5.11. The van der Waals surface area contributed by atoms with E-state index in [-0.39, 0.29) is 6.03 Å². The van der Waals surface area contributed by atoms with Gasteiger partial charge in [-0.2, -0.15) is 0 Å². The average Bonchev–Trinajstić information content (AvgIpc) is 2.17. The van der Waals surface area contributed by atoms with Gasteiger partial charge in [0.05, 0.1) is 13.2 Å². The molecule has 0 aromatic rings. The number of hydrazine groups is 1. The molecule has 1 aliphatic rings.